The second-order valence-corrected chi connectivity index (χ2v) is 8.58. The van der Waals surface area contributed by atoms with Crippen LogP contribution in [-0.4, -0.2) is 47.9 Å². The second-order valence-electron chi connectivity index (χ2n) is 8.58. The van der Waals surface area contributed by atoms with Gasteiger partial charge < -0.3 is 15.1 Å². The van der Waals surface area contributed by atoms with Crippen molar-refractivity contribution in [1.29, 1.82) is 0 Å². The Morgan fingerprint density at radius 2 is 1.67 bits per heavy atom. The lowest BCUT2D eigenvalue weighted by Gasteiger charge is -2.31. The molecule has 9 heteroatoms. The second kappa shape index (κ2) is 9.80. The van der Waals surface area contributed by atoms with Crippen LogP contribution in [0.5, 0.6) is 0 Å². The van der Waals surface area contributed by atoms with Gasteiger partial charge >= 0.3 is 6.18 Å². The summed E-state index contributed by atoms with van der Waals surface area (Å²) in [5.74, 6) is 0.390. The summed E-state index contributed by atoms with van der Waals surface area (Å²) in [4.78, 5) is 33.5. The van der Waals surface area contributed by atoms with Gasteiger partial charge in [-0.15, -0.1) is 0 Å². The van der Waals surface area contributed by atoms with E-state index in [1.165, 1.54) is 25.0 Å². The molecule has 0 saturated carbocycles. The van der Waals surface area contributed by atoms with E-state index in [2.05, 4.69) is 15.2 Å². The predicted octanol–water partition coefficient (Wildman–Crippen LogP) is 3.87. The van der Waals surface area contributed by atoms with Crippen molar-refractivity contribution in [2.75, 3.05) is 31.1 Å². The predicted molar refractivity (Wildman–Crippen MR) is 118 cm³/mol. The monoisotopic (exact) mass is 460 g/mol. The highest BCUT2D eigenvalue weighted by Gasteiger charge is 2.31. The van der Waals surface area contributed by atoms with E-state index in [4.69, 9.17) is 0 Å². The van der Waals surface area contributed by atoms with Crippen molar-refractivity contribution in [3.63, 3.8) is 0 Å². The number of benzene rings is 1. The molecule has 0 spiro atoms. The van der Waals surface area contributed by atoms with E-state index in [-0.39, 0.29) is 23.3 Å². The van der Waals surface area contributed by atoms with E-state index in [9.17, 15) is 22.8 Å². The zero-order valence-corrected chi connectivity index (χ0v) is 18.3. The van der Waals surface area contributed by atoms with Crippen molar-refractivity contribution in [1.82, 2.24) is 15.2 Å². The molecule has 0 bridgehead atoms. The first kappa shape index (κ1) is 23.1. The Bertz CT molecular complexity index is 980. The lowest BCUT2D eigenvalue weighted by atomic mass is 9.95. The van der Waals surface area contributed by atoms with Crippen molar-refractivity contribution in [2.24, 2.45) is 5.92 Å². The summed E-state index contributed by atoms with van der Waals surface area (Å²) in [6.45, 7) is 3.23. The Balaban J connectivity index is 1.26. The third-order valence-corrected chi connectivity index (χ3v) is 6.32. The fraction of sp³-hybridized carbons (Fsp3) is 0.458. The summed E-state index contributed by atoms with van der Waals surface area (Å²) in [6, 6.07) is 8.15. The SMILES string of the molecule is O=C(NCc1ccnc(N2CCCC2)c1)C1CCN(C(=O)c2ccc(C(F)(F)F)cc2)CC1. The highest BCUT2D eigenvalue weighted by molar-refractivity contribution is 5.94. The van der Waals surface area contributed by atoms with Gasteiger partial charge in [0, 0.05) is 50.4 Å². The molecule has 2 fully saturated rings. The van der Waals surface area contributed by atoms with Crippen molar-refractivity contribution >= 4 is 17.6 Å². The Kier molecular flexibility index (Phi) is 6.85. The molecule has 2 saturated heterocycles. The third kappa shape index (κ3) is 5.64. The van der Waals surface area contributed by atoms with Crippen LogP contribution in [0.15, 0.2) is 42.6 Å². The standard InChI is InChI=1S/C24H27F3N4O2/c25-24(26,27)20-5-3-19(4-6-20)23(33)31-13-8-18(9-14-31)22(32)29-16-17-7-10-28-21(15-17)30-11-1-2-12-30/h3-7,10,15,18H,1-2,8-9,11-14,16H2,(H,29,32). The zero-order chi connectivity index (χ0) is 23.4. The van der Waals surface area contributed by atoms with Crippen LogP contribution in [0.25, 0.3) is 0 Å². The van der Waals surface area contributed by atoms with E-state index in [1.54, 1.807) is 11.1 Å². The number of likely N-dealkylation sites (tertiary alicyclic amines) is 1. The first-order valence-electron chi connectivity index (χ1n) is 11.3. The Hall–Kier alpha value is -3.10. The van der Waals surface area contributed by atoms with E-state index in [1.807, 2.05) is 12.1 Å². The normalized spacial score (nSPS) is 17.3. The number of nitrogens with zero attached hydrogens (tertiary/aromatic N) is 3. The molecule has 0 atom stereocenters. The first-order valence-corrected chi connectivity index (χ1v) is 11.3. The number of halogens is 3. The fourth-order valence-corrected chi connectivity index (χ4v) is 4.35. The average molecular weight is 461 g/mol. The van der Waals surface area contributed by atoms with Gasteiger partial charge in [-0.1, -0.05) is 0 Å². The fourth-order valence-electron chi connectivity index (χ4n) is 4.35. The van der Waals surface area contributed by atoms with Crippen LogP contribution < -0.4 is 10.2 Å². The van der Waals surface area contributed by atoms with Crippen molar-refractivity contribution in [3.05, 3.63) is 59.3 Å². The van der Waals surface area contributed by atoms with Crippen LogP contribution in [-0.2, 0) is 17.5 Å². The molecule has 2 aromatic rings. The highest BCUT2D eigenvalue weighted by atomic mass is 19.4. The number of anilines is 1. The van der Waals surface area contributed by atoms with Crippen LogP contribution in [0.3, 0.4) is 0 Å². The van der Waals surface area contributed by atoms with Gasteiger partial charge in [0.1, 0.15) is 5.82 Å². The maximum Gasteiger partial charge on any atom is 0.416 e. The number of aromatic nitrogens is 1. The van der Waals surface area contributed by atoms with Gasteiger partial charge in [0.05, 0.1) is 5.56 Å². The zero-order valence-electron chi connectivity index (χ0n) is 18.3. The van der Waals surface area contributed by atoms with Crippen molar-refractivity contribution in [2.45, 2.75) is 38.4 Å². The maximum absolute atomic E-state index is 12.7. The summed E-state index contributed by atoms with van der Waals surface area (Å²) in [6.07, 6.45) is 0.715. The van der Waals surface area contributed by atoms with Crippen LogP contribution in [0, 0.1) is 5.92 Å². The van der Waals surface area contributed by atoms with Gasteiger partial charge in [0.25, 0.3) is 5.91 Å². The summed E-state index contributed by atoms with van der Waals surface area (Å²) >= 11 is 0. The minimum atomic E-state index is -4.43. The Labute approximate surface area is 190 Å². The van der Waals surface area contributed by atoms with Gasteiger partial charge in [-0.05, 0) is 67.6 Å². The highest BCUT2D eigenvalue weighted by Crippen LogP contribution is 2.29. The molecule has 1 aromatic heterocycles. The molecular weight excluding hydrogens is 433 g/mol. The molecule has 176 valence electrons. The first-order chi connectivity index (χ1) is 15.8. The summed E-state index contributed by atoms with van der Waals surface area (Å²) in [7, 11) is 0. The Morgan fingerprint density at radius 1 is 1.00 bits per heavy atom. The molecule has 1 aromatic carbocycles. The van der Waals surface area contributed by atoms with Crippen LogP contribution in [0.4, 0.5) is 19.0 Å². The summed E-state index contributed by atoms with van der Waals surface area (Å²) < 4.78 is 38.2. The molecule has 33 heavy (non-hydrogen) atoms. The van der Waals surface area contributed by atoms with Gasteiger partial charge in [-0.2, -0.15) is 13.2 Å². The largest absolute Gasteiger partial charge is 0.416 e. The number of carbonyl (C=O) groups excluding carboxylic acids is 2. The van der Waals surface area contributed by atoms with E-state index >= 15 is 0 Å². The number of amides is 2. The summed E-state index contributed by atoms with van der Waals surface area (Å²) in [5, 5.41) is 2.99. The van der Waals surface area contributed by atoms with Crippen LogP contribution in [0.2, 0.25) is 0 Å². The number of piperidine rings is 1. The summed E-state index contributed by atoms with van der Waals surface area (Å²) in [5.41, 5.74) is 0.434. The maximum atomic E-state index is 12.7. The Morgan fingerprint density at radius 3 is 2.30 bits per heavy atom. The van der Waals surface area contributed by atoms with Crippen molar-refractivity contribution in [3.8, 4) is 0 Å². The molecule has 0 aliphatic carbocycles. The molecule has 0 unspecified atom stereocenters. The lowest BCUT2D eigenvalue weighted by molar-refractivity contribution is -0.137. The average Bonchev–Trinajstić information content (AvgIpc) is 3.37. The molecule has 1 N–H and O–H groups in total. The molecule has 2 amide bonds. The van der Waals surface area contributed by atoms with Crippen LogP contribution >= 0.6 is 0 Å². The number of carbonyl (C=O) groups is 2. The van der Waals surface area contributed by atoms with E-state index in [0.717, 1.165) is 36.6 Å². The molecule has 3 heterocycles. The third-order valence-electron chi connectivity index (χ3n) is 6.32. The number of rotatable bonds is 5. The number of nitrogens with one attached hydrogen (secondary N) is 1. The minimum Gasteiger partial charge on any atom is -0.357 e. The van der Waals surface area contributed by atoms with Crippen LogP contribution in [0.1, 0.15) is 47.2 Å². The smallest absolute Gasteiger partial charge is 0.357 e. The topological polar surface area (TPSA) is 65.5 Å². The number of alkyl halides is 3. The van der Waals surface area contributed by atoms with Gasteiger partial charge in [0.2, 0.25) is 5.91 Å². The van der Waals surface area contributed by atoms with Gasteiger partial charge in [-0.3, -0.25) is 9.59 Å². The molecule has 0 radical (unpaired) electrons. The lowest BCUT2D eigenvalue weighted by Crippen LogP contribution is -2.43. The molecule has 2 aliphatic heterocycles. The van der Waals surface area contributed by atoms with Gasteiger partial charge in [0.15, 0.2) is 0 Å². The van der Waals surface area contributed by atoms with E-state index < -0.39 is 11.7 Å². The number of pyridine rings is 1. The molecule has 4 rings (SSSR count). The quantitative estimate of drug-likeness (QED) is 0.736. The van der Waals surface area contributed by atoms with Gasteiger partial charge in [-0.25, -0.2) is 4.98 Å². The molecule has 2 aliphatic rings. The molecular formula is C24H27F3N4O2. The number of hydrogen-bond acceptors (Lipinski definition) is 4. The van der Waals surface area contributed by atoms with E-state index in [0.29, 0.717) is 32.5 Å². The number of hydrogen-bond donors (Lipinski definition) is 1. The van der Waals surface area contributed by atoms with Crippen molar-refractivity contribution < 1.29 is 22.8 Å². The minimum absolute atomic E-state index is 0.0452. The molecule has 6 nitrogen and oxygen atoms in total.